The number of carbonyl (C=O) groups is 1. The molecule has 2 N–H and O–H groups in total. The highest BCUT2D eigenvalue weighted by Gasteiger charge is 2.33. The van der Waals surface area contributed by atoms with Gasteiger partial charge < -0.3 is 14.9 Å². The normalized spacial score (nSPS) is 19.5. The number of benzene rings is 1. The van der Waals surface area contributed by atoms with E-state index in [0.29, 0.717) is 24.4 Å². The van der Waals surface area contributed by atoms with Crippen molar-refractivity contribution in [2.24, 2.45) is 5.16 Å². The van der Waals surface area contributed by atoms with Crippen molar-refractivity contribution >= 4 is 11.6 Å². The van der Waals surface area contributed by atoms with E-state index >= 15 is 0 Å². The molecule has 0 bridgehead atoms. The molecule has 1 aliphatic heterocycles. The largest absolute Gasteiger partial charge is 0.497 e. The molecule has 1 aromatic heterocycles. The molecule has 0 saturated heterocycles. The first-order chi connectivity index (χ1) is 11.5. The third kappa shape index (κ3) is 3.40. The van der Waals surface area contributed by atoms with Crippen LogP contribution in [0.25, 0.3) is 11.3 Å². The number of aromatic nitrogens is 2. The number of nitrogens with one attached hydrogen (secondary N) is 2. The number of rotatable bonds is 5. The summed E-state index contributed by atoms with van der Waals surface area (Å²) in [6, 6.07) is 9.22. The lowest BCUT2D eigenvalue weighted by atomic mass is 10.0. The maximum Gasteiger partial charge on any atom is 0.269 e. The smallest absolute Gasteiger partial charge is 0.269 e. The Morgan fingerprint density at radius 2 is 2.29 bits per heavy atom. The van der Waals surface area contributed by atoms with Crippen LogP contribution in [0.2, 0.25) is 0 Å². The molecule has 3 rings (SSSR count). The number of oxime groups is 1. The summed E-state index contributed by atoms with van der Waals surface area (Å²) in [6.07, 6.45) is 0.700. The fourth-order valence-corrected chi connectivity index (χ4v) is 2.62. The van der Waals surface area contributed by atoms with Crippen molar-refractivity contribution in [3.05, 3.63) is 36.0 Å². The Hall–Kier alpha value is -2.83. The van der Waals surface area contributed by atoms with E-state index in [1.807, 2.05) is 38.1 Å². The Morgan fingerprint density at radius 3 is 3.00 bits per heavy atom. The van der Waals surface area contributed by atoms with Crippen LogP contribution in [-0.2, 0) is 4.84 Å². The quantitative estimate of drug-likeness (QED) is 0.882. The van der Waals surface area contributed by atoms with Crippen LogP contribution in [0.5, 0.6) is 5.75 Å². The van der Waals surface area contributed by atoms with Gasteiger partial charge in [-0.05, 0) is 32.0 Å². The highest BCUT2D eigenvalue weighted by Crippen LogP contribution is 2.24. The van der Waals surface area contributed by atoms with Gasteiger partial charge in [-0.25, -0.2) is 0 Å². The van der Waals surface area contributed by atoms with Crippen molar-refractivity contribution in [2.75, 3.05) is 13.7 Å². The Morgan fingerprint density at radius 1 is 1.46 bits per heavy atom. The number of hydrogen-bond acceptors (Lipinski definition) is 5. The summed E-state index contributed by atoms with van der Waals surface area (Å²) >= 11 is 0. The Balaban J connectivity index is 1.65. The minimum atomic E-state index is -0.491. The second-order valence-corrected chi connectivity index (χ2v) is 6.13. The van der Waals surface area contributed by atoms with E-state index in [4.69, 9.17) is 9.57 Å². The summed E-state index contributed by atoms with van der Waals surface area (Å²) in [6.45, 7) is 4.20. The van der Waals surface area contributed by atoms with Crippen molar-refractivity contribution < 1.29 is 14.4 Å². The fraction of sp³-hybridized carbons (Fsp3) is 0.353. The van der Waals surface area contributed by atoms with Gasteiger partial charge in [-0.15, -0.1) is 0 Å². The van der Waals surface area contributed by atoms with E-state index in [-0.39, 0.29) is 5.91 Å². The van der Waals surface area contributed by atoms with Gasteiger partial charge in [0.05, 0.1) is 25.1 Å². The molecule has 0 saturated carbocycles. The summed E-state index contributed by atoms with van der Waals surface area (Å²) in [5, 5.41) is 13.8. The summed E-state index contributed by atoms with van der Waals surface area (Å²) in [7, 11) is 1.61. The van der Waals surface area contributed by atoms with E-state index < -0.39 is 5.60 Å². The van der Waals surface area contributed by atoms with Crippen molar-refractivity contribution in [1.82, 2.24) is 15.5 Å². The molecule has 7 heteroatoms. The predicted molar refractivity (Wildman–Crippen MR) is 90.1 cm³/mol. The van der Waals surface area contributed by atoms with E-state index in [0.717, 1.165) is 17.0 Å². The van der Waals surface area contributed by atoms with Gasteiger partial charge in [-0.1, -0.05) is 17.3 Å². The first-order valence-corrected chi connectivity index (χ1v) is 7.69. The number of H-pyrrole nitrogens is 1. The zero-order valence-electron chi connectivity index (χ0n) is 13.9. The van der Waals surface area contributed by atoms with Crippen LogP contribution in [0, 0.1) is 0 Å². The molecule has 1 amide bonds. The van der Waals surface area contributed by atoms with Crippen LogP contribution >= 0.6 is 0 Å². The standard InChI is InChI=1S/C17H20N4O3/c1-11-9-17(2,24-21-11)10-18-16(22)15-8-14(19-20-15)12-5-4-6-13(7-12)23-3/h4-8H,9-10H2,1-3H3,(H,18,22)(H,19,20)/t17-/m0/s1. The molecular formula is C17H20N4O3. The van der Waals surface area contributed by atoms with E-state index in [1.54, 1.807) is 13.2 Å². The lowest BCUT2D eigenvalue weighted by Crippen LogP contribution is -2.40. The highest BCUT2D eigenvalue weighted by atomic mass is 16.7. The Labute approximate surface area is 140 Å². The summed E-state index contributed by atoms with van der Waals surface area (Å²) in [4.78, 5) is 17.7. The van der Waals surface area contributed by atoms with Gasteiger partial charge in [-0.3, -0.25) is 9.89 Å². The minimum absolute atomic E-state index is 0.231. The molecule has 0 aliphatic carbocycles. The molecule has 2 aromatic rings. The van der Waals surface area contributed by atoms with Gasteiger partial charge >= 0.3 is 0 Å². The third-order valence-electron chi connectivity index (χ3n) is 3.86. The number of methoxy groups -OCH3 is 1. The van der Waals surface area contributed by atoms with Crippen molar-refractivity contribution in [2.45, 2.75) is 25.9 Å². The van der Waals surface area contributed by atoms with Crippen molar-refractivity contribution in [3.8, 4) is 17.0 Å². The zero-order chi connectivity index (χ0) is 17.2. The van der Waals surface area contributed by atoms with Crippen molar-refractivity contribution in [1.29, 1.82) is 0 Å². The summed E-state index contributed by atoms with van der Waals surface area (Å²) in [5.74, 6) is 0.509. The minimum Gasteiger partial charge on any atom is -0.497 e. The average Bonchev–Trinajstić information content (AvgIpc) is 3.20. The first kappa shape index (κ1) is 16.0. The van der Waals surface area contributed by atoms with Gasteiger partial charge in [0.25, 0.3) is 5.91 Å². The Kier molecular flexibility index (Phi) is 4.24. The number of ether oxygens (including phenoxy) is 1. The zero-order valence-corrected chi connectivity index (χ0v) is 13.9. The molecule has 0 radical (unpaired) electrons. The molecule has 7 nitrogen and oxygen atoms in total. The topological polar surface area (TPSA) is 88.6 Å². The van der Waals surface area contributed by atoms with Gasteiger partial charge in [0.1, 0.15) is 11.4 Å². The van der Waals surface area contributed by atoms with Crippen LogP contribution < -0.4 is 10.1 Å². The molecule has 0 fully saturated rings. The van der Waals surface area contributed by atoms with Crippen LogP contribution in [0.1, 0.15) is 30.8 Å². The average molecular weight is 328 g/mol. The second-order valence-electron chi connectivity index (χ2n) is 6.13. The number of aromatic amines is 1. The highest BCUT2D eigenvalue weighted by molar-refractivity contribution is 5.93. The van der Waals surface area contributed by atoms with Crippen LogP contribution in [-0.4, -0.2) is 41.1 Å². The fourth-order valence-electron chi connectivity index (χ4n) is 2.62. The van der Waals surface area contributed by atoms with E-state index in [9.17, 15) is 4.79 Å². The Bertz CT molecular complexity index is 784. The van der Waals surface area contributed by atoms with E-state index in [2.05, 4.69) is 20.7 Å². The monoisotopic (exact) mass is 328 g/mol. The van der Waals surface area contributed by atoms with Crippen LogP contribution in [0.3, 0.4) is 0 Å². The van der Waals surface area contributed by atoms with Gasteiger partial charge in [0.2, 0.25) is 0 Å². The molecule has 1 aromatic carbocycles. The molecular weight excluding hydrogens is 308 g/mol. The lowest BCUT2D eigenvalue weighted by Gasteiger charge is -2.21. The first-order valence-electron chi connectivity index (χ1n) is 7.69. The molecule has 1 atom stereocenters. The third-order valence-corrected chi connectivity index (χ3v) is 3.86. The molecule has 24 heavy (non-hydrogen) atoms. The molecule has 0 spiro atoms. The van der Waals surface area contributed by atoms with Gasteiger partial charge in [-0.2, -0.15) is 5.10 Å². The molecule has 1 aliphatic rings. The van der Waals surface area contributed by atoms with Crippen LogP contribution in [0.15, 0.2) is 35.5 Å². The van der Waals surface area contributed by atoms with Crippen molar-refractivity contribution in [3.63, 3.8) is 0 Å². The van der Waals surface area contributed by atoms with E-state index in [1.165, 1.54) is 0 Å². The van der Waals surface area contributed by atoms with Gasteiger partial charge in [0, 0.05) is 12.0 Å². The van der Waals surface area contributed by atoms with Gasteiger partial charge in [0.15, 0.2) is 5.60 Å². The lowest BCUT2D eigenvalue weighted by molar-refractivity contribution is -0.00185. The summed E-state index contributed by atoms with van der Waals surface area (Å²) in [5.41, 5.74) is 2.39. The molecule has 0 unspecified atom stereocenters. The molecule has 2 heterocycles. The number of hydrogen-bond donors (Lipinski definition) is 2. The number of nitrogens with zero attached hydrogens (tertiary/aromatic N) is 2. The number of amides is 1. The SMILES string of the molecule is COc1cccc(-c2cc(C(=O)NC[C@]3(C)CC(C)=NO3)[nH]n2)c1. The van der Waals surface area contributed by atoms with Crippen LogP contribution in [0.4, 0.5) is 0 Å². The second kappa shape index (κ2) is 6.35. The molecule has 126 valence electrons. The number of carbonyl (C=O) groups excluding carboxylic acids is 1. The maximum atomic E-state index is 12.3. The predicted octanol–water partition coefficient (Wildman–Crippen LogP) is 2.37. The maximum absolute atomic E-state index is 12.3. The summed E-state index contributed by atoms with van der Waals surface area (Å²) < 4.78 is 5.20.